The highest BCUT2D eigenvalue weighted by molar-refractivity contribution is 6.00. The van der Waals surface area contributed by atoms with Crippen molar-refractivity contribution in [1.82, 2.24) is 9.80 Å². The molecule has 3 saturated heterocycles. The zero-order valence-corrected chi connectivity index (χ0v) is 15.7. The Kier molecular flexibility index (Phi) is 5.18. The fourth-order valence-electron chi connectivity index (χ4n) is 4.83. The van der Waals surface area contributed by atoms with Crippen molar-refractivity contribution < 1.29 is 9.90 Å². The third kappa shape index (κ3) is 3.74. The van der Waals surface area contributed by atoms with Gasteiger partial charge in [-0.2, -0.15) is 0 Å². The first kappa shape index (κ1) is 17.8. The average molecular weight is 357 g/mol. The lowest BCUT2D eigenvalue weighted by Gasteiger charge is -2.41. The summed E-state index contributed by atoms with van der Waals surface area (Å²) in [6.45, 7) is 6.12. The number of nitrogens with zero attached hydrogens (tertiary/aromatic N) is 3. The van der Waals surface area contributed by atoms with E-state index in [4.69, 9.17) is 0 Å². The average Bonchev–Trinajstić information content (AvgIpc) is 3.34. The largest absolute Gasteiger partial charge is 0.387 e. The number of likely N-dealkylation sites (tertiary alicyclic amines) is 2. The van der Waals surface area contributed by atoms with Crippen LogP contribution in [0.5, 0.6) is 0 Å². The molecule has 0 aromatic heterocycles. The number of carbonyl (C=O) groups excluding carboxylic acids is 1. The number of rotatable bonds is 4. The smallest absolute Gasteiger partial charge is 0.256 e. The van der Waals surface area contributed by atoms with E-state index in [2.05, 4.69) is 15.9 Å². The predicted molar refractivity (Wildman–Crippen MR) is 104 cm³/mol. The highest BCUT2D eigenvalue weighted by Gasteiger charge is 2.38. The van der Waals surface area contributed by atoms with Crippen molar-refractivity contribution >= 4 is 11.6 Å². The Morgan fingerprint density at radius 1 is 0.962 bits per heavy atom. The maximum absolute atomic E-state index is 13.3. The summed E-state index contributed by atoms with van der Waals surface area (Å²) in [5, 5.41) is 11.1. The van der Waals surface area contributed by atoms with Gasteiger partial charge in [0.2, 0.25) is 0 Å². The third-order valence-electron chi connectivity index (χ3n) is 6.14. The SMILES string of the molecule is O=C(c1ccccc1N1CCCC1)N1CCCC(O)(CN2CCCC2)C1. The number of benzene rings is 1. The molecule has 1 aromatic rings. The second-order valence-corrected chi connectivity index (χ2v) is 8.25. The van der Waals surface area contributed by atoms with Gasteiger partial charge >= 0.3 is 0 Å². The molecule has 1 N–H and O–H groups in total. The number of hydrogen-bond acceptors (Lipinski definition) is 4. The lowest BCUT2D eigenvalue weighted by Crippen LogP contribution is -2.55. The lowest BCUT2D eigenvalue weighted by atomic mass is 9.91. The standard InChI is InChI=1S/C21H31N3O2/c25-20(18-8-1-2-9-19(18)23-13-5-6-14-23)24-15-7-10-21(26,17-24)16-22-11-3-4-12-22/h1-2,8-9,26H,3-7,10-17H2. The molecule has 0 aliphatic carbocycles. The van der Waals surface area contributed by atoms with Crippen LogP contribution < -0.4 is 4.90 Å². The summed E-state index contributed by atoms with van der Waals surface area (Å²) < 4.78 is 0. The zero-order valence-electron chi connectivity index (χ0n) is 15.7. The van der Waals surface area contributed by atoms with Gasteiger partial charge in [0.1, 0.15) is 0 Å². The monoisotopic (exact) mass is 357 g/mol. The summed E-state index contributed by atoms with van der Waals surface area (Å²) >= 11 is 0. The van der Waals surface area contributed by atoms with Gasteiger partial charge in [0.25, 0.3) is 5.91 Å². The Morgan fingerprint density at radius 3 is 2.42 bits per heavy atom. The quantitative estimate of drug-likeness (QED) is 0.899. The topological polar surface area (TPSA) is 47.0 Å². The summed E-state index contributed by atoms with van der Waals surface area (Å²) in [6.07, 6.45) is 6.51. The van der Waals surface area contributed by atoms with Gasteiger partial charge in [0.15, 0.2) is 0 Å². The van der Waals surface area contributed by atoms with Crippen LogP contribution >= 0.6 is 0 Å². The molecule has 0 spiro atoms. The number of β-amino-alcohol motifs (C(OH)–C–C–N with tert-alkyl or cyclic N) is 1. The van der Waals surface area contributed by atoms with Crippen LogP contribution in [-0.4, -0.2) is 72.2 Å². The fraction of sp³-hybridized carbons (Fsp3) is 0.667. The van der Waals surface area contributed by atoms with Crippen LogP contribution in [0.2, 0.25) is 0 Å². The molecular weight excluding hydrogens is 326 g/mol. The van der Waals surface area contributed by atoms with E-state index in [1.807, 2.05) is 23.1 Å². The maximum Gasteiger partial charge on any atom is 0.256 e. The van der Waals surface area contributed by atoms with Crippen LogP contribution in [0.4, 0.5) is 5.69 Å². The number of anilines is 1. The van der Waals surface area contributed by atoms with E-state index in [1.54, 1.807) is 0 Å². The molecule has 1 unspecified atom stereocenters. The molecular formula is C21H31N3O2. The molecule has 3 heterocycles. The first-order valence-electron chi connectivity index (χ1n) is 10.2. The first-order valence-corrected chi connectivity index (χ1v) is 10.2. The number of aliphatic hydroxyl groups is 1. The van der Waals surface area contributed by atoms with Crippen LogP contribution in [0.1, 0.15) is 48.9 Å². The van der Waals surface area contributed by atoms with Gasteiger partial charge in [-0.05, 0) is 63.7 Å². The highest BCUT2D eigenvalue weighted by atomic mass is 16.3. The normalized spacial score (nSPS) is 27.3. The van der Waals surface area contributed by atoms with E-state index in [1.165, 1.54) is 25.7 Å². The Morgan fingerprint density at radius 2 is 1.65 bits per heavy atom. The van der Waals surface area contributed by atoms with E-state index in [9.17, 15) is 9.90 Å². The zero-order chi connectivity index (χ0) is 18.0. The molecule has 0 radical (unpaired) electrons. The summed E-state index contributed by atoms with van der Waals surface area (Å²) in [7, 11) is 0. The molecule has 5 heteroatoms. The highest BCUT2D eigenvalue weighted by Crippen LogP contribution is 2.29. The summed E-state index contributed by atoms with van der Waals surface area (Å²) in [5.74, 6) is 0.0760. The molecule has 26 heavy (non-hydrogen) atoms. The van der Waals surface area contributed by atoms with Crippen molar-refractivity contribution in [3.8, 4) is 0 Å². The molecule has 1 atom stereocenters. The minimum Gasteiger partial charge on any atom is -0.387 e. The molecule has 1 amide bonds. The van der Waals surface area contributed by atoms with Crippen LogP contribution in [-0.2, 0) is 0 Å². The molecule has 3 fully saturated rings. The Labute approximate surface area is 156 Å². The molecule has 4 rings (SSSR count). The Bertz CT molecular complexity index is 638. The second kappa shape index (κ2) is 7.57. The van der Waals surface area contributed by atoms with E-state index in [-0.39, 0.29) is 5.91 Å². The molecule has 0 bridgehead atoms. The number of hydrogen-bond donors (Lipinski definition) is 1. The third-order valence-corrected chi connectivity index (χ3v) is 6.14. The van der Waals surface area contributed by atoms with Crippen molar-refractivity contribution in [2.45, 2.75) is 44.1 Å². The maximum atomic E-state index is 13.3. The predicted octanol–water partition coefficient (Wildman–Crippen LogP) is 2.35. The van der Waals surface area contributed by atoms with Gasteiger partial charge in [-0.25, -0.2) is 0 Å². The van der Waals surface area contributed by atoms with Crippen molar-refractivity contribution in [2.24, 2.45) is 0 Å². The number of carbonyl (C=O) groups is 1. The fourth-order valence-corrected chi connectivity index (χ4v) is 4.83. The number of piperidine rings is 1. The van der Waals surface area contributed by atoms with Gasteiger partial charge in [-0.3, -0.25) is 4.79 Å². The summed E-state index contributed by atoms with van der Waals surface area (Å²) in [6, 6.07) is 7.99. The summed E-state index contributed by atoms with van der Waals surface area (Å²) in [5.41, 5.74) is 1.09. The van der Waals surface area contributed by atoms with E-state index in [0.717, 1.165) is 56.8 Å². The summed E-state index contributed by atoms with van der Waals surface area (Å²) in [4.78, 5) is 19.8. The minimum atomic E-state index is -0.763. The van der Waals surface area contributed by atoms with Crippen molar-refractivity contribution in [3.05, 3.63) is 29.8 Å². The van der Waals surface area contributed by atoms with Gasteiger partial charge in [0.05, 0.1) is 17.7 Å². The van der Waals surface area contributed by atoms with Gasteiger partial charge in [-0.1, -0.05) is 12.1 Å². The first-order chi connectivity index (χ1) is 12.6. The van der Waals surface area contributed by atoms with Crippen molar-refractivity contribution in [3.63, 3.8) is 0 Å². The number of amides is 1. The van der Waals surface area contributed by atoms with Crippen LogP contribution in [0.25, 0.3) is 0 Å². The molecule has 3 aliphatic rings. The van der Waals surface area contributed by atoms with E-state index >= 15 is 0 Å². The van der Waals surface area contributed by atoms with Gasteiger partial charge in [-0.15, -0.1) is 0 Å². The minimum absolute atomic E-state index is 0.0760. The lowest BCUT2D eigenvalue weighted by molar-refractivity contribution is -0.0430. The van der Waals surface area contributed by atoms with Gasteiger partial charge < -0.3 is 19.8 Å². The Hall–Kier alpha value is -1.59. The molecule has 0 saturated carbocycles. The van der Waals surface area contributed by atoms with E-state index < -0.39 is 5.60 Å². The Balaban J connectivity index is 1.49. The molecule has 1 aromatic carbocycles. The molecule has 142 valence electrons. The van der Waals surface area contributed by atoms with E-state index in [0.29, 0.717) is 13.1 Å². The second-order valence-electron chi connectivity index (χ2n) is 8.25. The number of para-hydroxylation sites is 1. The van der Waals surface area contributed by atoms with Crippen molar-refractivity contribution in [1.29, 1.82) is 0 Å². The van der Waals surface area contributed by atoms with Crippen molar-refractivity contribution in [2.75, 3.05) is 50.7 Å². The molecule has 5 nitrogen and oxygen atoms in total. The van der Waals surface area contributed by atoms with Crippen LogP contribution in [0.3, 0.4) is 0 Å². The van der Waals surface area contributed by atoms with Crippen LogP contribution in [0, 0.1) is 0 Å². The van der Waals surface area contributed by atoms with Gasteiger partial charge in [0, 0.05) is 31.9 Å². The van der Waals surface area contributed by atoms with Crippen LogP contribution in [0.15, 0.2) is 24.3 Å². The molecule has 3 aliphatic heterocycles.